The van der Waals surface area contributed by atoms with E-state index in [9.17, 15) is 8.42 Å². The summed E-state index contributed by atoms with van der Waals surface area (Å²) in [6.07, 6.45) is 3.38. The number of nitrogens with one attached hydrogen (secondary N) is 1. The van der Waals surface area contributed by atoms with Crippen molar-refractivity contribution in [3.05, 3.63) is 18.2 Å². The molecule has 0 aliphatic heterocycles. The van der Waals surface area contributed by atoms with Gasteiger partial charge >= 0.3 is 0 Å². The van der Waals surface area contributed by atoms with Crippen LogP contribution in [0.15, 0.2) is 23.1 Å². The molecule has 19 heavy (non-hydrogen) atoms. The molecule has 0 heterocycles. The molecule has 1 atom stereocenters. The second-order valence-electron chi connectivity index (χ2n) is 5.87. The zero-order valence-corrected chi connectivity index (χ0v) is 12.1. The molecule has 5 nitrogen and oxygen atoms in total. The van der Waals surface area contributed by atoms with Gasteiger partial charge in [-0.25, -0.2) is 13.6 Å². The van der Waals surface area contributed by atoms with Gasteiger partial charge in [0, 0.05) is 6.04 Å². The zero-order valence-electron chi connectivity index (χ0n) is 11.3. The molecular formula is C13H21N3O2S. The molecule has 1 saturated carbocycles. The summed E-state index contributed by atoms with van der Waals surface area (Å²) in [6, 6.07) is 4.81. The first kappa shape index (κ1) is 14.1. The Hall–Kier alpha value is -1.27. The third kappa shape index (κ3) is 3.01. The molecule has 1 aliphatic carbocycles. The number of benzene rings is 1. The van der Waals surface area contributed by atoms with Gasteiger partial charge in [0.25, 0.3) is 0 Å². The number of anilines is 2. The van der Waals surface area contributed by atoms with Crippen molar-refractivity contribution < 1.29 is 8.42 Å². The summed E-state index contributed by atoms with van der Waals surface area (Å²) in [5.74, 6) is 0. The van der Waals surface area contributed by atoms with Crippen LogP contribution >= 0.6 is 0 Å². The van der Waals surface area contributed by atoms with Crippen molar-refractivity contribution in [3.63, 3.8) is 0 Å². The lowest BCUT2D eigenvalue weighted by molar-refractivity contribution is 0.350. The second-order valence-corrected chi connectivity index (χ2v) is 7.43. The molecule has 1 aromatic carbocycles. The van der Waals surface area contributed by atoms with Gasteiger partial charge < -0.3 is 11.1 Å². The minimum absolute atomic E-state index is 0.0833. The Bertz CT molecular complexity index is 582. The number of primary sulfonamides is 1. The van der Waals surface area contributed by atoms with Crippen LogP contribution in [-0.2, 0) is 10.0 Å². The molecule has 1 fully saturated rings. The van der Waals surface area contributed by atoms with Crippen molar-refractivity contribution >= 4 is 21.4 Å². The van der Waals surface area contributed by atoms with Crippen LogP contribution in [0.3, 0.4) is 0 Å². The van der Waals surface area contributed by atoms with E-state index < -0.39 is 10.0 Å². The SMILES string of the molecule is CC1(C)CCCC1Nc1cc(S(N)(=O)=O)ccc1N. The summed E-state index contributed by atoms with van der Waals surface area (Å²) >= 11 is 0. The smallest absolute Gasteiger partial charge is 0.238 e. The monoisotopic (exact) mass is 283 g/mol. The van der Waals surface area contributed by atoms with Gasteiger partial charge in [-0.3, -0.25) is 0 Å². The highest BCUT2D eigenvalue weighted by atomic mass is 32.2. The normalized spacial score (nSPS) is 22.4. The standard InChI is InChI=1S/C13H21N3O2S/c1-13(2)7-3-4-12(13)16-11-8-9(19(15,17)18)5-6-10(11)14/h5-6,8,12,16H,3-4,7,14H2,1-2H3,(H2,15,17,18). The molecular weight excluding hydrogens is 262 g/mol. The van der Waals surface area contributed by atoms with Crippen LogP contribution in [0.1, 0.15) is 33.1 Å². The van der Waals surface area contributed by atoms with E-state index in [1.807, 2.05) is 0 Å². The fourth-order valence-corrected chi connectivity index (χ4v) is 3.16. The summed E-state index contributed by atoms with van der Waals surface area (Å²) in [7, 11) is -3.70. The Morgan fingerprint density at radius 3 is 2.58 bits per heavy atom. The Labute approximate surface area is 114 Å². The molecule has 0 spiro atoms. The highest BCUT2D eigenvalue weighted by Gasteiger charge is 2.34. The van der Waals surface area contributed by atoms with Crippen LogP contribution < -0.4 is 16.2 Å². The van der Waals surface area contributed by atoms with E-state index in [1.54, 1.807) is 6.07 Å². The minimum Gasteiger partial charge on any atom is -0.397 e. The zero-order chi connectivity index (χ0) is 14.3. The summed E-state index contributed by atoms with van der Waals surface area (Å²) in [6.45, 7) is 4.41. The average Bonchev–Trinajstić information content (AvgIpc) is 2.60. The second kappa shape index (κ2) is 4.68. The van der Waals surface area contributed by atoms with Gasteiger partial charge in [0.05, 0.1) is 16.3 Å². The van der Waals surface area contributed by atoms with Gasteiger partial charge in [0.15, 0.2) is 0 Å². The largest absolute Gasteiger partial charge is 0.397 e. The Balaban J connectivity index is 2.30. The average molecular weight is 283 g/mol. The van der Waals surface area contributed by atoms with E-state index >= 15 is 0 Å². The van der Waals surface area contributed by atoms with E-state index in [-0.39, 0.29) is 10.3 Å². The Morgan fingerprint density at radius 1 is 1.37 bits per heavy atom. The lowest BCUT2D eigenvalue weighted by Crippen LogP contribution is -2.31. The number of nitrogen functional groups attached to an aromatic ring is 1. The van der Waals surface area contributed by atoms with E-state index in [0.717, 1.165) is 12.8 Å². The predicted molar refractivity (Wildman–Crippen MR) is 77.3 cm³/mol. The van der Waals surface area contributed by atoms with Crippen molar-refractivity contribution in [1.29, 1.82) is 0 Å². The van der Waals surface area contributed by atoms with Crippen LogP contribution in [0.4, 0.5) is 11.4 Å². The van der Waals surface area contributed by atoms with Crippen molar-refractivity contribution in [2.24, 2.45) is 10.6 Å². The van der Waals surface area contributed by atoms with Crippen molar-refractivity contribution in [3.8, 4) is 0 Å². The van der Waals surface area contributed by atoms with E-state index in [2.05, 4.69) is 19.2 Å². The topological polar surface area (TPSA) is 98.2 Å². The molecule has 0 aromatic heterocycles. The highest BCUT2D eigenvalue weighted by Crippen LogP contribution is 2.39. The van der Waals surface area contributed by atoms with Crippen molar-refractivity contribution in [2.75, 3.05) is 11.1 Å². The van der Waals surface area contributed by atoms with Gasteiger partial charge in [-0.15, -0.1) is 0 Å². The van der Waals surface area contributed by atoms with Crippen molar-refractivity contribution in [1.82, 2.24) is 0 Å². The molecule has 2 rings (SSSR count). The molecule has 106 valence electrons. The van der Waals surface area contributed by atoms with E-state index in [4.69, 9.17) is 10.9 Å². The van der Waals surface area contributed by atoms with Gasteiger partial charge in [0.2, 0.25) is 10.0 Å². The fraction of sp³-hybridized carbons (Fsp3) is 0.538. The summed E-state index contributed by atoms with van der Waals surface area (Å²) in [5, 5.41) is 8.51. The molecule has 0 amide bonds. The van der Waals surface area contributed by atoms with Gasteiger partial charge in [-0.1, -0.05) is 20.3 Å². The summed E-state index contributed by atoms with van der Waals surface area (Å²) < 4.78 is 22.7. The van der Waals surface area contributed by atoms with Crippen LogP contribution in [0.5, 0.6) is 0 Å². The van der Waals surface area contributed by atoms with Crippen LogP contribution in [0.25, 0.3) is 0 Å². The molecule has 5 N–H and O–H groups in total. The first-order chi connectivity index (χ1) is 8.70. The molecule has 1 unspecified atom stereocenters. The third-order valence-electron chi connectivity index (χ3n) is 3.94. The lowest BCUT2D eigenvalue weighted by Gasteiger charge is -2.29. The minimum atomic E-state index is -3.70. The number of hydrogen-bond donors (Lipinski definition) is 3. The van der Waals surface area contributed by atoms with Gasteiger partial charge in [0.1, 0.15) is 0 Å². The summed E-state index contributed by atoms with van der Waals surface area (Å²) in [5.41, 5.74) is 7.27. The van der Waals surface area contributed by atoms with E-state index in [1.165, 1.54) is 18.6 Å². The third-order valence-corrected chi connectivity index (χ3v) is 4.85. The van der Waals surface area contributed by atoms with Gasteiger partial charge in [-0.2, -0.15) is 0 Å². The Kier molecular flexibility index (Phi) is 3.49. The molecule has 6 heteroatoms. The summed E-state index contributed by atoms with van der Waals surface area (Å²) in [4.78, 5) is 0.0833. The molecule has 1 aromatic rings. The number of hydrogen-bond acceptors (Lipinski definition) is 4. The van der Waals surface area contributed by atoms with Crippen LogP contribution in [0.2, 0.25) is 0 Å². The highest BCUT2D eigenvalue weighted by molar-refractivity contribution is 7.89. The lowest BCUT2D eigenvalue weighted by atomic mass is 9.87. The first-order valence-electron chi connectivity index (χ1n) is 6.39. The Morgan fingerprint density at radius 2 is 2.05 bits per heavy atom. The van der Waals surface area contributed by atoms with E-state index in [0.29, 0.717) is 17.4 Å². The maximum Gasteiger partial charge on any atom is 0.238 e. The number of nitrogens with two attached hydrogens (primary N) is 2. The number of sulfonamides is 1. The molecule has 1 aliphatic rings. The maximum absolute atomic E-state index is 11.4. The number of rotatable bonds is 3. The fourth-order valence-electron chi connectivity index (χ4n) is 2.62. The maximum atomic E-state index is 11.4. The predicted octanol–water partition coefficient (Wildman–Crippen LogP) is 1.91. The molecule has 0 radical (unpaired) electrons. The van der Waals surface area contributed by atoms with Crippen LogP contribution in [0, 0.1) is 5.41 Å². The van der Waals surface area contributed by atoms with Gasteiger partial charge in [-0.05, 0) is 36.5 Å². The van der Waals surface area contributed by atoms with Crippen LogP contribution in [-0.4, -0.2) is 14.5 Å². The molecule has 0 saturated heterocycles. The first-order valence-corrected chi connectivity index (χ1v) is 7.94. The van der Waals surface area contributed by atoms with Crippen molar-refractivity contribution in [2.45, 2.75) is 44.0 Å². The molecule has 0 bridgehead atoms. The quantitative estimate of drug-likeness (QED) is 0.738.